The Morgan fingerprint density at radius 2 is 1.88 bits per heavy atom. The van der Waals surface area contributed by atoms with Gasteiger partial charge in [0.2, 0.25) is 0 Å². The fourth-order valence-electron chi connectivity index (χ4n) is 2.17. The number of hydrogen-bond donors (Lipinski definition) is 1. The molecule has 1 aromatic carbocycles. The van der Waals surface area contributed by atoms with E-state index in [1.54, 1.807) is 7.11 Å². The predicted octanol–water partition coefficient (Wildman–Crippen LogP) is 2.23. The van der Waals surface area contributed by atoms with Crippen molar-refractivity contribution in [1.29, 1.82) is 0 Å². The second-order valence-electron chi connectivity index (χ2n) is 4.67. The summed E-state index contributed by atoms with van der Waals surface area (Å²) in [5.74, 6) is 1.03. The van der Waals surface area contributed by atoms with Crippen LogP contribution in [0.4, 0.5) is 0 Å². The molecule has 0 unspecified atom stereocenters. The van der Waals surface area contributed by atoms with Crippen LogP contribution < -0.4 is 10.1 Å². The summed E-state index contributed by atoms with van der Waals surface area (Å²) in [6.45, 7) is 8.17. The van der Waals surface area contributed by atoms with Crippen molar-refractivity contribution >= 4 is 0 Å². The molecule has 0 saturated heterocycles. The van der Waals surface area contributed by atoms with Crippen LogP contribution in [0, 0.1) is 20.8 Å². The molecule has 3 heteroatoms. The molecule has 0 saturated carbocycles. The molecule has 1 aromatic rings. The molecule has 0 aliphatic heterocycles. The SMILES string of the molecule is CNCN(C)Cc1c(C)cc(C)c(C)c1OC. The zero-order valence-electron chi connectivity index (χ0n) is 11.8. The number of methoxy groups -OCH3 is 1. The van der Waals surface area contributed by atoms with Crippen LogP contribution in [-0.2, 0) is 6.54 Å². The van der Waals surface area contributed by atoms with Crippen molar-refractivity contribution in [3.05, 3.63) is 28.3 Å². The van der Waals surface area contributed by atoms with Gasteiger partial charge in [-0.15, -0.1) is 0 Å². The lowest BCUT2D eigenvalue weighted by Gasteiger charge is -2.21. The van der Waals surface area contributed by atoms with Crippen molar-refractivity contribution in [1.82, 2.24) is 10.2 Å². The first-order valence-corrected chi connectivity index (χ1v) is 5.98. The van der Waals surface area contributed by atoms with Gasteiger partial charge >= 0.3 is 0 Å². The monoisotopic (exact) mass is 236 g/mol. The smallest absolute Gasteiger partial charge is 0.126 e. The van der Waals surface area contributed by atoms with Crippen LogP contribution in [-0.4, -0.2) is 32.8 Å². The Balaban J connectivity index is 3.09. The fourth-order valence-corrected chi connectivity index (χ4v) is 2.17. The van der Waals surface area contributed by atoms with E-state index in [0.717, 1.165) is 19.0 Å². The molecule has 0 atom stereocenters. The van der Waals surface area contributed by atoms with E-state index in [1.807, 2.05) is 7.05 Å². The van der Waals surface area contributed by atoms with Crippen molar-refractivity contribution < 1.29 is 4.74 Å². The van der Waals surface area contributed by atoms with Gasteiger partial charge in [-0.3, -0.25) is 4.90 Å². The lowest BCUT2D eigenvalue weighted by Crippen LogP contribution is -2.28. The molecule has 0 fully saturated rings. The van der Waals surface area contributed by atoms with Crippen molar-refractivity contribution in [2.75, 3.05) is 27.9 Å². The summed E-state index contributed by atoms with van der Waals surface area (Å²) in [7, 11) is 5.81. The van der Waals surface area contributed by atoms with Gasteiger partial charge in [-0.05, 0) is 51.6 Å². The maximum Gasteiger partial charge on any atom is 0.126 e. The van der Waals surface area contributed by atoms with Crippen LogP contribution in [0.5, 0.6) is 5.75 Å². The maximum atomic E-state index is 5.57. The summed E-state index contributed by atoms with van der Waals surface area (Å²) >= 11 is 0. The highest BCUT2D eigenvalue weighted by Crippen LogP contribution is 2.30. The van der Waals surface area contributed by atoms with Crippen molar-refractivity contribution in [3.63, 3.8) is 0 Å². The third-order valence-corrected chi connectivity index (χ3v) is 3.18. The Hall–Kier alpha value is -1.06. The predicted molar refractivity (Wildman–Crippen MR) is 72.6 cm³/mol. The molecule has 0 heterocycles. The molecular weight excluding hydrogens is 212 g/mol. The highest BCUT2D eigenvalue weighted by molar-refractivity contribution is 5.49. The van der Waals surface area contributed by atoms with E-state index in [2.05, 4.69) is 44.1 Å². The Morgan fingerprint density at radius 1 is 1.24 bits per heavy atom. The molecule has 0 aliphatic carbocycles. The summed E-state index contributed by atoms with van der Waals surface area (Å²) in [4.78, 5) is 2.24. The lowest BCUT2D eigenvalue weighted by molar-refractivity contribution is 0.301. The first-order valence-electron chi connectivity index (χ1n) is 5.98. The van der Waals surface area contributed by atoms with Crippen LogP contribution >= 0.6 is 0 Å². The van der Waals surface area contributed by atoms with Crippen LogP contribution in [0.3, 0.4) is 0 Å². The average molecular weight is 236 g/mol. The topological polar surface area (TPSA) is 24.5 Å². The second-order valence-corrected chi connectivity index (χ2v) is 4.67. The maximum absolute atomic E-state index is 5.57. The van der Waals surface area contributed by atoms with Crippen molar-refractivity contribution in [3.8, 4) is 5.75 Å². The van der Waals surface area contributed by atoms with Gasteiger partial charge in [0, 0.05) is 18.8 Å². The quantitative estimate of drug-likeness (QED) is 0.793. The molecule has 0 aliphatic rings. The van der Waals surface area contributed by atoms with Gasteiger partial charge in [-0.2, -0.15) is 0 Å². The second kappa shape index (κ2) is 6.03. The first kappa shape index (κ1) is 14.0. The zero-order valence-corrected chi connectivity index (χ0v) is 11.8. The Morgan fingerprint density at radius 3 is 2.41 bits per heavy atom. The number of nitrogens with one attached hydrogen (secondary N) is 1. The van der Waals surface area contributed by atoms with Crippen LogP contribution in [0.15, 0.2) is 6.07 Å². The number of benzene rings is 1. The van der Waals surface area contributed by atoms with Gasteiger partial charge in [-0.1, -0.05) is 6.07 Å². The summed E-state index contributed by atoms with van der Waals surface area (Å²) in [5, 5.41) is 3.16. The number of nitrogens with zero attached hydrogens (tertiary/aromatic N) is 1. The summed E-state index contributed by atoms with van der Waals surface area (Å²) in [6.07, 6.45) is 0. The zero-order chi connectivity index (χ0) is 13.0. The lowest BCUT2D eigenvalue weighted by atomic mass is 9.98. The molecule has 1 rings (SSSR count). The van der Waals surface area contributed by atoms with Gasteiger partial charge in [0.1, 0.15) is 5.75 Å². The van der Waals surface area contributed by atoms with E-state index < -0.39 is 0 Å². The van der Waals surface area contributed by atoms with Gasteiger partial charge in [-0.25, -0.2) is 0 Å². The number of aryl methyl sites for hydroxylation is 2. The van der Waals surface area contributed by atoms with Crippen LogP contribution in [0.2, 0.25) is 0 Å². The van der Waals surface area contributed by atoms with Crippen LogP contribution in [0.25, 0.3) is 0 Å². The fraction of sp³-hybridized carbons (Fsp3) is 0.571. The summed E-state index contributed by atoms with van der Waals surface area (Å²) in [6, 6.07) is 2.24. The van der Waals surface area contributed by atoms with E-state index in [-0.39, 0.29) is 0 Å². The molecule has 0 amide bonds. The normalized spacial score (nSPS) is 11.0. The van der Waals surface area contributed by atoms with Crippen LogP contribution in [0.1, 0.15) is 22.3 Å². The molecule has 17 heavy (non-hydrogen) atoms. The Kier molecular flexibility index (Phi) is 4.97. The first-order chi connectivity index (χ1) is 8.01. The molecule has 96 valence electrons. The van der Waals surface area contributed by atoms with E-state index in [4.69, 9.17) is 4.74 Å². The third kappa shape index (κ3) is 3.20. The number of rotatable bonds is 5. The minimum atomic E-state index is 0.871. The van der Waals surface area contributed by atoms with E-state index >= 15 is 0 Å². The van der Waals surface area contributed by atoms with E-state index in [9.17, 15) is 0 Å². The van der Waals surface area contributed by atoms with Crippen molar-refractivity contribution in [2.24, 2.45) is 0 Å². The minimum Gasteiger partial charge on any atom is -0.496 e. The largest absolute Gasteiger partial charge is 0.496 e. The molecule has 0 bridgehead atoms. The highest BCUT2D eigenvalue weighted by atomic mass is 16.5. The third-order valence-electron chi connectivity index (χ3n) is 3.18. The van der Waals surface area contributed by atoms with E-state index in [0.29, 0.717) is 0 Å². The average Bonchev–Trinajstić information content (AvgIpc) is 2.27. The Bertz CT molecular complexity index is 388. The Labute approximate surface area is 105 Å². The molecule has 1 N–H and O–H groups in total. The molecule has 3 nitrogen and oxygen atoms in total. The molecule has 0 aromatic heterocycles. The number of ether oxygens (including phenoxy) is 1. The molecular formula is C14H24N2O. The minimum absolute atomic E-state index is 0.871. The van der Waals surface area contributed by atoms with Gasteiger partial charge in [0.05, 0.1) is 7.11 Å². The summed E-state index contributed by atoms with van der Waals surface area (Å²) in [5.41, 5.74) is 5.12. The molecule has 0 spiro atoms. The van der Waals surface area contributed by atoms with Crippen molar-refractivity contribution in [2.45, 2.75) is 27.3 Å². The van der Waals surface area contributed by atoms with Gasteiger partial charge in [0.25, 0.3) is 0 Å². The van der Waals surface area contributed by atoms with Gasteiger partial charge in [0.15, 0.2) is 0 Å². The van der Waals surface area contributed by atoms with E-state index in [1.165, 1.54) is 22.3 Å². The summed E-state index contributed by atoms with van der Waals surface area (Å²) < 4.78 is 5.57. The standard InChI is InChI=1S/C14H24N2O/c1-10-7-11(2)13(8-16(5)9-15-4)14(17-6)12(10)3/h7,15H,8-9H2,1-6H3. The highest BCUT2D eigenvalue weighted by Gasteiger charge is 2.13. The molecule has 0 radical (unpaired) electrons. The number of hydrogen-bond acceptors (Lipinski definition) is 3. The van der Waals surface area contributed by atoms with Gasteiger partial charge < -0.3 is 10.1 Å².